The fraction of sp³-hybridized carbons (Fsp3) is 0.667. The molecule has 70 valence electrons. The van der Waals surface area contributed by atoms with E-state index in [0.717, 1.165) is 0 Å². The van der Waals surface area contributed by atoms with Crippen LogP contribution in [0, 0.1) is 0 Å². The van der Waals surface area contributed by atoms with Crippen molar-refractivity contribution < 1.29 is 0 Å². The van der Waals surface area contributed by atoms with Crippen molar-refractivity contribution in [3.05, 3.63) is 23.8 Å². The lowest BCUT2D eigenvalue weighted by Crippen LogP contribution is -1.76. The molecule has 0 nitrogen and oxygen atoms in total. The Morgan fingerprint density at radius 1 is 1.25 bits per heavy atom. The molecule has 0 bridgehead atoms. The van der Waals surface area contributed by atoms with Crippen molar-refractivity contribution in [2.24, 2.45) is 0 Å². The first-order chi connectivity index (χ1) is 5.81. The topological polar surface area (TPSA) is 0 Å². The van der Waals surface area contributed by atoms with Crippen LogP contribution in [0.2, 0.25) is 0 Å². The normalized spacial score (nSPS) is 12.8. The van der Waals surface area contributed by atoms with E-state index in [4.69, 9.17) is 0 Å². The van der Waals surface area contributed by atoms with Gasteiger partial charge in [0.2, 0.25) is 0 Å². The molecular weight excluding hydrogens is 144 g/mol. The molecule has 0 rings (SSSR count). The van der Waals surface area contributed by atoms with Crippen LogP contribution >= 0.6 is 0 Å². The number of rotatable bonds is 6. The summed E-state index contributed by atoms with van der Waals surface area (Å²) in [5.74, 6) is 0. The molecule has 0 heteroatoms. The Balaban J connectivity index is 3.33. The maximum absolute atomic E-state index is 2.38. The SMILES string of the molecule is CC=CCCCC=C(C)CCC. The van der Waals surface area contributed by atoms with Gasteiger partial charge in [-0.3, -0.25) is 0 Å². The smallest absolute Gasteiger partial charge is 0.0326 e. The molecule has 0 amide bonds. The number of hydrogen-bond acceptors (Lipinski definition) is 0. The lowest BCUT2D eigenvalue weighted by molar-refractivity contribution is 0.839. The third kappa shape index (κ3) is 7.59. The predicted octanol–water partition coefficient (Wildman–Crippen LogP) is 4.48. The van der Waals surface area contributed by atoms with Gasteiger partial charge in [-0.15, -0.1) is 0 Å². The van der Waals surface area contributed by atoms with Gasteiger partial charge in [0, 0.05) is 0 Å². The Hall–Kier alpha value is -0.520. The second-order valence-corrected chi connectivity index (χ2v) is 3.30. The summed E-state index contributed by atoms with van der Waals surface area (Å²) in [6.45, 7) is 6.55. The average molecular weight is 166 g/mol. The van der Waals surface area contributed by atoms with E-state index < -0.39 is 0 Å². The molecular formula is C12H22. The first kappa shape index (κ1) is 11.5. The molecule has 0 N–H and O–H groups in total. The van der Waals surface area contributed by atoms with E-state index in [1.807, 2.05) is 0 Å². The minimum absolute atomic E-state index is 1.23. The van der Waals surface area contributed by atoms with Crippen LogP contribution in [-0.2, 0) is 0 Å². The summed E-state index contributed by atoms with van der Waals surface area (Å²) in [6.07, 6.45) is 13.1. The van der Waals surface area contributed by atoms with Crippen LogP contribution < -0.4 is 0 Å². The summed E-state index contributed by atoms with van der Waals surface area (Å²) in [6, 6.07) is 0. The Bertz CT molecular complexity index is 140. The van der Waals surface area contributed by atoms with Crippen molar-refractivity contribution in [1.82, 2.24) is 0 Å². The van der Waals surface area contributed by atoms with Crippen LogP contribution in [0.4, 0.5) is 0 Å². The fourth-order valence-corrected chi connectivity index (χ4v) is 1.25. The molecule has 0 radical (unpaired) electrons. The average Bonchev–Trinajstić information content (AvgIpc) is 2.05. The van der Waals surface area contributed by atoms with Crippen molar-refractivity contribution >= 4 is 0 Å². The molecule has 0 atom stereocenters. The maximum Gasteiger partial charge on any atom is -0.0326 e. The van der Waals surface area contributed by atoms with Gasteiger partial charge in [0.1, 0.15) is 0 Å². The molecule has 0 fully saturated rings. The van der Waals surface area contributed by atoms with E-state index in [1.165, 1.54) is 32.1 Å². The van der Waals surface area contributed by atoms with Gasteiger partial charge in [-0.2, -0.15) is 0 Å². The molecule has 0 heterocycles. The number of allylic oxidation sites excluding steroid dienone is 4. The van der Waals surface area contributed by atoms with Gasteiger partial charge in [0.25, 0.3) is 0 Å². The van der Waals surface area contributed by atoms with Gasteiger partial charge < -0.3 is 0 Å². The molecule has 0 spiro atoms. The Morgan fingerprint density at radius 3 is 2.58 bits per heavy atom. The Morgan fingerprint density at radius 2 is 2.00 bits per heavy atom. The Labute approximate surface area is 77.4 Å². The van der Waals surface area contributed by atoms with Crippen molar-refractivity contribution in [2.45, 2.75) is 52.9 Å². The first-order valence-electron chi connectivity index (χ1n) is 5.08. The van der Waals surface area contributed by atoms with E-state index in [1.54, 1.807) is 5.57 Å². The monoisotopic (exact) mass is 166 g/mol. The molecule has 0 unspecified atom stereocenters. The lowest BCUT2D eigenvalue weighted by Gasteiger charge is -1.96. The highest BCUT2D eigenvalue weighted by Gasteiger charge is 1.86. The molecule has 0 aromatic carbocycles. The minimum Gasteiger partial charge on any atom is -0.0917 e. The highest BCUT2D eigenvalue weighted by molar-refractivity contribution is 4.97. The quantitative estimate of drug-likeness (QED) is 0.403. The molecule has 0 saturated carbocycles. The van der Waals surface area contributed by atoms with Crippen LogP contribution in [0.1, 0.15) is 52.9 Å². The zero-order valence-electron chi connectivity index (χ0n) is 8.77. The first-order valence-corrected chi connectivity index (χ1v) is 5.08. The van der Waals surface area contributed by atoms with Crippen LogP contribution in [0.3, 0.4) is 0 Å². The van der Waals surface area contributed by atoms with Gasteiger partial charge in [0.15, 0.2) is 0 Å². The molecule has 0 saturated heterocycles. The van der Waals surface area contributed by atoms with E-state index >= 15 is 0 Å². The largest absolute Gasteiger partial charge is 0.0917 e. The van der Waals surface area contributed by atoms with Gasteiger partial charge in [-0.1, -0.05) is 37.1 Å². The Kier molecular flexibility index (Phi) is 8.20. The van der Waals surface area contributed by atoms with Gasteiger partial charge in [-0.25, -0.2) is 0 Å². The van der Waals surface area contributed by atoms with Crippen LogP contribution in [0.5, 0.6) is 0 Å². The van der Waals surface area contributed by atoms with Crippen molar-refractivity contribution in [3.63, 3.8) is 0 Å². The van der Waals surface area contributed by atoms with E-state index in [-0.39, 0.29) is 0 Å². The second-order valence-electron chi connectivity index (χ2n) is 3.30. The molecule has 0 aromatic heterocycles. The third-order valence-corrected chi connectivity index (χ3v) is 1.95. The van der Waals surface area contributed by atoms with E-state index in [0.29, 0.717) is 0 Å². The fourth-order valence-electron chi connectivity index (χ4n) is 1.25. The van der Waals surface area contributed by atoms with Crippen molar-refractivity contribution in [3.8, 4) is 0 Å². The number of hydrogen-bond donors (Lipinski definition) is 0. The standard InChI is InChI=1S/C12H22/c1-4-6-7-8-9-11-12(3)10-5-2/h4,6,11H,5,7-10H2,1-3H3. The van der Waals surface area contributed by atoms with Crippen LogP contribution in [-0.4, -0.2) is 0 Å². The predicted molar refractivity (Wildman–Crippen MR) is 57.3 cm³/mol. The van der Waals surface area contributed by atoms with Gasteiger partial charge in [-0.05, 0) is 39.5 Å². The highest BCUT2D eigenvalue weighted by atomic mass is 13.9. The molecule has 0 aliphatic heterocycles. The summed E-state index contributed by atoms with van der Waals surface area (Å²) in [5.41, 5.74) is 1.55. The van der Waals surface area contributed by atoms with Crippen LogP contribution in [0.15, 0.2) is 23.8 Å². The molecule has 0 aromatic rings. The summed E-state index contributed by atoms with van der Waals surface area (Å²) >= 11 is 0. The summed E-state index contributed by atoms with van der Waals surface area (Å²) in [7, 11) is 0. The van der Waals surface area contributed by atoms with E-state index in [2.05, 4.69) is 39.0 Å². The van der Waals surface area contributed by atoms with Crippen LogP contribution in [0.25, 0.3) is 0 Å². The molecule has 12 heavy (non-hydrogen) atoms. The lowest BCUT2D eigenvalue weighted by atomic mass is 10.1. The zero-order chi connectivity index (χ0) is 9.23. The minimum atomic E-state index is 1.23. The number of unbranched alkanes of at least 4 members (excludes halogenated alkanes) is 2. The highest BCUT2D eigenvalue weighted by Crippen LogP contribution is 2.06. The van der Waals surface area contributed by atoms with Gasteiger partial charge in [0.05, 0.1) is 0 Å². The van der Waals surface area contributed by atoms with E-state index in [9.17, 15) is 0 Å². The summed E-state index contributed by atoms with van der Waals surface area (Å²) in [5, 5.41) is 0. The maximum atomic E-state index is 2.38. The molecule has 0 aliphatic rings. The molecule has 0 aliphatic carbocycles. The third-order valence-electron chi connectivity index (χ3n) is 1.95. The summed E-state index contributed by atoms with van der Waals surface area (Å²) < 4.78 is 0. The van der Waals surface area contributed by atoms with Crippen molar-refractivity contribution in [2.75, 3.05) is 0 Å². The van der Waals surface area contributed by atoms with Gasteiger partial charge >= 0.3 is 0 Å². The zero-order valence-corrected chi connectivity index (χ0v) is 8.77. The summed E-state index contributed by atoms with van der Waals surface area (Å²) in [4.78, 5) is 0. The van der Waals surface area contributed by atoms with Crippen molar-refractivity contribution in [1.29, 1.82) is 0 Å². The second kappa shape index (κ2) is 8.58.